The third kappa shape index (κ3) is 2.16. The fourth-order valence-corrected chi connectivity index (χ4v) is 7.93. The van der Waals surface area contributed by atoms with E-state index < -0.39 is 5.79 Å². The van der Waals surface area contributed by atoms with Gasteiger partial charge in [-0.3, -0.25) is 0 Å². The van der Waals surface area contributed by atoms with Crippen molar-refractivity contribution in [1.29, 1.82) is 0 Å². The van der Waals surface area contributed by atoms with E-state index in [0.29, 0.717) is 31.0 Å². The van der Waals surface area contributed by atoms with Gasteiger partial charge in [-0.05, 0) is 73.0 Å². The first-order chi connectivity index (χ1) is 11.9. The summed E-state index contributed by atoms with van der Waals surface area (Å²) in [5.41, 5.74) is 0.293. The van der Waals surface area contributed by atoms with Gasteiger partial charge in [0.05, 0.1) is 24.4 Å². The Labute approximate surface area is 156 Å². The quantitative estimate of drug-likeness (QED) is 0.687. The highest BCUT2D eigenvalue weighted by Gasteiger charge is 2.61. The lowest BCUT2D eigenvalue weighted by molar-refractivity contribution is -0.170. The summed E-state index contributed by atoms with van der Waals surface area (Å²) in [6, 6.07) is 0. The van der Waals surface area contributed by atoms with Crippen LogP contribution in [0.15, 0.2) is 11.1 Å². The highest BCUT2D eigenvalue weighted by Crippen LogP contribution is 2.66. The molecule has 25 heavy (non-hydrogen) atoms. The van der Waals surface area contributed by atoms with Crippen molar-refractivity contribution < 1.29 is 14.6 Å². The van der Waals surface area contributed by atoms with Gasteiger partial charge in [-0.25, -0.2) is 0 Å². The molecule has 4 heteroatoms. The SMILES string of the molecule is C[C@]12C=C(Cl)C3(C[C@@H]1CC[C@@H]1[C@@H]2CC[C@]2(C)[C@@H](O)CC[C@@H]12)OCCO3. The Kier molecular flexibility index (Phi) is 3.73. The van der Waals surface area contributed by atoms with Crippen molar-refractivity contribution in [2.24, 2.45) is 34.5 Å². The number of allylic oxidation sites excluding steroid dienone is 1. The minimum absolute atomic E-state index is 0.0991. The maximum Gasteiger partial charge on any atom is 0.205 e. The van der Waals surface area contributed by atoms with Crippen LogP contribution in [-0.4, -0.2) is 30.2 Å². The van der Waals surface area contributed by atoms with Crippen molar-refractivity contribution in [3.8, 4) is 0 Å². The summed E-state index contributed by atoms with van der Waals surface area (Å²) in [6.07, 6.45) is 10.2. The molecule has 140 valence electrons. The number of ether oxygens (including phenoxy) is 2. The average Bonchev–Trinajstić information content (AvgIpc) is 3.16. The number of fused-ring (bicyclic) bond motifs is 5. The number of aliphatic hydroxyl groups excluding tert-OH is 1. The Bertz CT molecular complexity index is 598. The number of hydrogen-bond acceptors (Lipinski definition) is 3. The molecule has 1 N–H and O–H groups in total. The summed E-state index contributed by atoms with van der Waals surface area (Å²) in [4.78, 5) is 0. The maximum absolute atomic E-state index is 10.6. The molecule has 0 bridgehead atoms. The fourth-order valence-electron chi connectivity index (χ4n) is 7.50. The van der Waals surface area contributed by atoms with E-state index in [1.54, 1.807) is 0 Å². The third-order valence-electron chi connectivity index (χ3n) is 8.98. The molecule has 1 saturated heterocycles. The molecule has 1 heterocycles. The molecular weight excluding hydrogens is 336 g/mol. The topological polar surface area (TPSA) is 38.7 Å². The molecule has 4 aliphatic carbocycles. The van der Waals surface area contributed by atoms with Crippen LogP contribution in [0.1, 0.15) is 58.8 Å². The lowest BCUT2D eigenvalue weighted by Gasteiger charge is -2.60. The van der Waals surface area contributed by atoms with Crippen LogP contribution in [-0.2, 0) is 9.47 Å². The lowest BCUT2D eigenvalue weighted by Crippen LogP contribution is -2.55. The van der Waals surface area contributed by atoms with Gasteiger partial charge in [0.25, 0.3) is 0 Å². The first kappa shape index (κ1) is 17.0. The number of aliphatic hydroxyl groups is 1. The van der Waals surface area contributed by atoms with Gasteiger partial charge >= 0.3 is 0 Å². The van der Waals surface area contributed by atoms with Crippen molar-refractivity contribution in [2.75, 3.05) is 13.2 Å². The van der Waals surface area contributed by atoms with Gasteiger partial charge in [0, 0.05) is 6.42 Å². The molecular formula is C21H31ClO3. The molecule has 4 fully saturated rings. The summed E-state index contributed by atoms with van der Waals surface area (Å²) < 4.78 is 11.9. The van der Waals surface area contributed by atoms with E-state index in [4.69, 9.17) is 21.1 Å². The van der Waals surface area contributed by atoms with Crippen molar-refractivity contribution in [3.63, 3.8) is 0 Å². The van der Waals surface area contributed by atoms with Crippen LogP contribution in [0.5, 0.6) is 0 Å². The zero-order chi connectivity index (χ0) is 17.4. The van der Waals surface area contributed by atoms with Crippen molar-refractivity contribution in [2.45, 2.75) is 70.7 Å². The van der Waals surface area contributed by atoms with Gasteiger partial charge in [-0.1, -0.05) is 31.5 Å². The van der Waals surface area contributed by atoms with Crippen LogP contribution >= 0.6 is 11.6 Å². The maximum atomic E-state index is 10.6. The van der Waals surface area contributed by atoms with Crippen LogP contribution < -0.4 is 0 Å². The minimum Gasteiger partial charge on any atom is -0.393 e. The van der Waals surface area contributed by atoms with Crippen LogP contribution in [0.3, 0.4) is 0 Å². The van der Waals surface area contributed by atoms with Gasteiger partial charge in [0.1, 0.15) is 0 Å². The Hall–Kier alpha value is -0.0900. The van der Waals surface area contributed by atoms with E-state index in [9.17, 15) is 5.11 Å². The van der Waals surface area contributed by atoms with Crippen LogP contribution in [0.25, 0.3) is 0 Å². The van der Waals surface area contributed by atoms with Crippen molar-refractivity contribution in [3.05, 3.63) is 11.1 Å². The predicted molar refractivity (Wildman–Crippen MR) is 97.1 cm³/mol. The Balaban J connectivity index is 1.50. The van der Waals surface area contributed by atoms with E-state index in [2.05, 4.69) is 19.9 Å². The van der Waals surface area contributed by atoms with Gasteiger partial charge in [0.2, 0.25) is 5.79 Å². The summed E-state index contributed by atoms with van der Waals surface area (Å²) in [7, 11) is 0. The monoisotopic (exact) mass is 366 g/mol. The van der Waals surface area contributed by atoms with E-state index in [1.807, 2.05) is 0 Å². The van der Waals surface area contributed by atoms with Gasteiger partial charge in [-0.2, -0.15) is 0 Å². The first-order valence-electron chi connectivity index (χ1n) is 10.2. The predicted octanol–water partition coefficient (Wildman–Crippen LogP) is 4.48. The molecule has 5 aliphatic rings. The smallest absolute Gasteiger partial charge is 0.205 e. The summed E-state index contributed by atoms with van der Waals surface area (Å²) in [6.45, 7) is 6.08. The van der Waals surface area contributed by atoms with Gasteiger partial charge < -0.3 is 14.6 Å². The second-order valence-corrected chi connectivity index (χ2v) is 10.2. The molecule has 0 aromatic heterocycles. The molecule has 5 rings (SSSR count). The lowest BCUT2D eigenvalue weighted by atomic mass is 9.46. The van der Waals surface area contributed by atoms with E-state index >= 15 is 0 Å². The van der Waals surface area contributed by atoms with Gasteiger partial charge in [-0.15, -0.1) is 0 Å². The molecule has 7 atom stereocenters. The summed E-state index contributed by atoms with van der Waals surface area (Å²) in [5.74, 6) is 2.04. The fraction of sp³-hybridized carbons (Fsp3) is 0.905. The van der Waals surface area contributed by atoms with Crippen LogP contribution in [0, 0.1) is 34.5 Å². The standard InChI is InChI=1S/C21H31ClO3/c1-19-8-7-16-14(15(19)5-6-18(19)23)4-3-13-11-21(24-9-10-25-21)17(22)12-20(13,16)2/h12-16,18,23H,3-11H2,1-2H3/t13-,14-,15-,16-,18-,19-,20-/m0/s1. The Morgan fingerprint density at radius 1 is 1.04 bits per heavy atom. The number of rotatable bonds is 0. The zero-order valence-electron chi connectivity index (χ0n) is 15.5. The molecule has 0 aromatic rings. The van der Waals surface area contributed by atoms with E-state index in [1.165, 1.54) is 25.7 Å². The zero-order valence-corrected chi connectivity index (χ0v) is 16.2. The Morgan fingerprint density at radius 2 is 1.80 bits per heavy atom. The molecule has 1 aliphatic heterocycles. The van der Waals surface area contributed by atoms with Gasteiger partial charge in [0.15, 0.2) is 0 Å². The highest BCUT2D eigenvalue weighted by molar-refractivity contribution is 6.30. The molecule has 3 saturated carbocycles. The summed E-state index contributed by atoms with van der Waals surface area (Å²) in [5, 5.41) is 11.4. The van der Waals surface area contributed by atoms with Crippen LogP contribution in [0.4, 0.5) is 0 Å². The second-order valence-electron chi connectivity index (χ2n) is 9.80. The van der Waals surface area contributed by atoms with E-state index in [0.717, 1.165) is 30.2 Å². The largest absolute Gasteiger partial charge is 0.393 e. The molecule has 0 aromatic carbocycles. The number of halogens is 1. The van der Waals surface area contributed by atoms with E-state index in [-0.39, 0.29) is 16.9 Å². The highest BCUT2D eigenvalue weighted by atomic mass is 35.5. The van der Waals surface area contributed by atoms with Crippen LogP contribution in [0.2, 0.25) is 0 Å². The molecule has 1 spiro atoms. The Morgan fingerprint density at radius 3 is 2.56 bits per heavy atom. The minimum atomic E-state index is -0.648. The number of hydrogen-bond donors (Lipinski definition) is 1. The summed E-state index contributed by atoms with van der Waals surface area (Å²) >= 11 is 6.75. The third-order valence-corrected chi connectivity index (χ3v) is 9.38. The average molecular weight is 367 g/mol. The molecule has 0 unspecified atom stereocenters. The second kappa shape index (κ2) is 5.47. The molecule has 0 radical (unpaired) electrons. The normalized spacial score (nSPS) is 53.9. The van der Waals surface area contributed by atoms with Crippen molar-refractivity contribution in [1.82, 2.24) is 0 Å². The first-order valence-corrected chi connectivity index (χ1v) is 10.6. The molecule has 0 amide bonds. The van der Waals surface area contributed by atoms with Crippen molar-refractivity contribution >= 4 is 11.6 Å². The molecule has 3 nitrogen and oxygen atoms in total.